The van der Waals surface area contributed by atoms with Crippen LogP contribution in [-0.4, -0.2) is 311 Å². The minimum absolute atomic E-state index is 0.0842. The molecule has 0 saturated carbocycles. The Hall–Kier alpha value is -7.00. The van der Waals surface area contributed by atoms with E-state index in [1.807, 2.05) is 0 Å². The molecule has 534 valence electrons. The van der Waals surface area contributed by atoms with Crippen LogP contribution in [0.4, 0.5) is 0 Å². The normalized spacial score (nSPS) is 37.2. The number of hydrogen-bond donors (Lipinski definition) is 23. The van der Waals surface area contributed by atoms with E-state index in [0.717, 1.165) is 4.90 Å². The van der Waals surface area contributed by atoms with Crippen molar-refractivity contribution < 1.29 is 128 Å². The standard InChI is InChI=1S/C58H86N12O26/c1-21(2)13-33(75)94-47-39(78)30(19-72)92-56(45(47)84)95-46-31(20-73)93-55(44(83)41(46)80)91-25-11-9-23(10-12-25)14-26-49(86)68-35(37(76)27-15-62-57(59)66-27)52(89)69-36(38(77)29-16-63-58(60)70(29)53-42(81)40(79)43(82)54(90)96-53)51(88)65-28(18-71)48(85)61-17-32(74)67-34(50(87)64-26)22(3)24-7-5-4-6-8-24/h4-12,21-22,26-31,34-47,53-56,58,63,71-73,76-84,90H,13-20,60H2,1-3H3,(H,61,85)(H,64,87)(H,65,88)(H,67,74)(H,68,86)(H,69,89)(H3,59,62,66). The van der Waals surface area contributed by atoms with Crippen molar-refractivity contribution >= 4 is 47.4 Å². The van der Waals surface area contributed by atoms with E-state index in [0.29, 0.717) is 5.56 Å². The molecule has 5 fully saturated rings. The summed E-state index contributed by atoms with van der Waals surface area (Å²) >= 11 is 0. The monoisotopic (exact) mass is 1370 g/mol. The first-order valence-electron chi connectivity index (χ1n) is 30.9. The van der Waals surface area contributed by atoms with Crippen molar-refractivity contribution in [1.29, 1.82) is 0 Å². The highest BCUT2D eigenvalue weighted by molar-refractivity contribution is 5.98. The highest BCUT2D eigenvalue weighted by Gasteiger charge is 2.55. The number of carbonyl (C=O) groups excluding carboxylic acids is 7. The molecule has 38 nitrogen and oxygen atoms in total. The molecule has 6 amide bonds. The molecule has 0 aromatic heterocycles. The molecule has 6 heterocycles. The topological polar surface area (TPSA) is 602 Å². The minimum Gasteiger partial charge on any atom is -0.462 e. The number of hydrogen-bond acceptors (Lipinski definition) is 32. The van der Waals surface area contributed by atoms with Crippen LogP contribution in [0.15, 0.2) is 59.6 Å². The molecule has 2 aromatic carbocycles. The average Bonchev–Trinajstić information content (AvgIpc) is 1.45. The number of aliphatic hydroxyl groups excluding tert-OH is 13. The number of benzene rings is 2. The molecule has 26 unspecified atom stereocenters. The Morgan fingerprint density at radius 1 is 0.646 bits per heavy atom. The molecule has 8 rings (SSSR count). The lowest BCUT2D eigenvalue weighted by Crippen LogP contribution is -2.70. The number of aliphatic imine (C=N–C) groups is 1. The molecular weight excluding hydrogens is 1280 g/mol. The molecule has 0 aliphatic carbocycles. The summed E-state index contributed by atoms with van der Waals surface area (Å²) in [6.45, 7) is 0.465. The van der Waals surface area contributed by atoms with Gasteiger partial charge in [-0.15, -0.1) is 0 Å². The summed E-state index contributed by atoms with van der Waals surface area (Å²) in [5.74, 6) is -9.50. The van der Waals surface area contributed by atoms with Gasteiger partial charge in [0.2, 0.25) is 41.7 Å². The van der Waals surface area contributed by atoms with Gasteiger partial charge in [-0.3, -0.25) is 43.9 Å². The van der Waals surface area contributed by atoms with E-state index in [1.54, 1.807) is 51.1 Å². The van der Waals surface area contributed by atoms with E-state index in [2.05, 4.69) is 47.5 Å². The van der Waals surface area contributed by atoms with Crippen LogP contribution in [0.5, 0.6) is 5.75 Å². The maximum absolute atomic E-state index is 15.1. The molecule has 5 saturated heterocycles. The van der Waals surface area contributed by atoms with Crippen molar-refractivity contribution in [3.8, 4) is 5.75 Å². The SMILES string of the molecule is CC(C)CC(=O)OC1C(O)C(CO)OC(OC2C(CO)OC(Oc3ccc(CC4NC(=O)C(C(C)c5ccccc5)NC(=O)CNC(=O)C(CO)NC(=O)C(C(O)C5CNC(N)N5C5OC(O)C(O)C(O)C5O)NC(=O)C(C(O)C5CN=C(N)N5)NC4=O)cc3)C(O)C2O)C1O. The predicted octanol–water partition coefficient (Wildman–Crippen LogP) is -12.5. The molecule has 26 atom stereocenters. The summed E-state index contributed by atoms with van der Waals surface area (Å²) in [5.41, 5.74) is 12.9. The summed E-state index contributed by atoms with van der Waals surface area (Å²) in [4.78, 5) is 105. The lowest BCUT2D eigenvalue weighted by molar-refractivity contribution is -0.353. The molecule has 38 heteroatoms. The van der Waals surface area contributed by atoms with Crippen molar-refractivity contribution in [2.45, 2.75) is 193 Å². The van der Waals surface area contributed by atoms with Crippen LogP contribution in [0.25, 0.3) is 0 Å². The van der Waals surface area contributed by atoms with Crippen LogP contribution >= 0.6 is 0 Å². The quantitative estimate of drug-likeness (QED) is 0.0581. The van der Waals surface area contributed by atoms with E-state index in [-0.39, 0.29) is 36.2 Å². The predicted molar refractivity (Wildman–Crippen MR) is 321 cm³/mol. The molecule has 6 aliphatic heterocycles. The molecule has 6 aliphatic rings. The Kier molecular flexibility index (Phi) is 25.7. The van der Waals surface area contributed by atoms with E-state index in [1.165, 1.54) is 24.3 Å². The Bertz CT molecular complexity index is 3020. The molecule has 2 aromatic rings. The Morgan fingerprint density at radius 3 is 1.91 bits per heavy atom. The zero-order valence-electron chi connectivity index (χ0n) is 52.1. The summed E-state index contributed by atoms with van der Waals surface area (Å²) in [6, 6.07) is 0.858. The largest absolute Gasteiger partial charge is 0.462 e. The van der Waals surface area contributed by atoms with Crippen molar-refractivity contribution in [2.24, 2.45) is 22.4 Å². The highest BCUT2D eigenvalue weighted by atomic mass is 16.7. The third-order valence-corrected chi connectivity index (χ3v) is 17.2. The zero-order chi connectivity index (χ0) is 70.1. The number of amides is 6. The molecule has 96 heavy (non-hydrogen) atoms. The van der Waals surface area contributed by atoms with Crippen LogP contribution in [0.2, 0.25) is 0 Å². The lowest BCUT2D eigenvalue weighted by atomic mass is 9.92. The summed E-state index contributed by atoms with van der Waals surface area (Å²) in [5, 5.41) is 162. The minimum atomic E-state index is -2.33. The van der Waals surface area contributed by atoms with Gasteiger partial charge in [0.15, 0.2) is 24.6 Å². The van der Waals surface area contributed by atoms with Gasteiger partial charge in [-0.1, -0.05) is 63.2 Å². The molecular formula is C58H86N12O26. The second-order valence-electron chi connectivity index (χ2n) is 24.5. The first-order valence-corrected chi connectivity index (χ1v) is 30.9. The molecule has 0 spiro atoms. The Balaban J connectivity index is 1.09. The van der Waals surface area contributed by atoms with Crippen molar-refractivity contribution in [1.82, 2.24) is 47.4 Å². The third-order valence-electron chi connectivity index (χ3n) is 17.2. The van der Waals surface area contributed by atoms with Crippen LogP contribution in [-0.2, 0) is 63.7 Å². The van der Waals surface area contributed by atoms with Gasteiger partial charge in [0, 0.05) is 25.3 Å². The van der Waals surface area contributed by atoms with Crippen molar-refractivity contribution in [2.75, 3.05) is 39.5 Å². The van der Waals surface area contributed by atoms with Gasteiger partial charge < -0.3 is 143 Å². The maximum Gasteiger partial charge on any atom is 0.306 e. The number of guanidine groups is 1. The Labute approximate surface area is 547 Å². The first kappa shape index (κ1) is 74.8. The lowest BCUT2D eigenvalue weighted by Gasteiger charge is -2.46. The maximum atomic E-state index is 15.1. The van der Waals surface area contributed by atoms with Gasteiger partial charge in [-0.2, -0.15) is 0 Å². The van der Waals surface area contributed by atoms with E-state index in [9.17, 15) is 90.4 Å². The number of nitrogens with zero attached hydrogens (tertiary/aromatic N) is 2. The fraction of sp³-hybridized carbons (Fsp3) is 0.655. The van der Waals surface area contributed by atoms with Gasteiger partial charge in [0.25, 0.3) is 0 Å². The zero-order valence-corrected chi connectivity index (χ0v) is 52.1. The number of nitrogens with one attached hydrogen (secondary N) is 8. The summed E-state index contributed by atoms with van der Waals surface area (Å²) in [6.07, 6.45) is -34.2. The average molecular weight is 1370 g/mol. The number of ether oxygens (including phenoxy) is 6. The van der Waals surface area contributed by atoms with Gasteiger partial charge in [-0.05, 0) is 29.2 Å². The van der Waals surface area contributed by atoms with Crippen LogP contribution in [0, 0.1) is 5.92 Å². The van der Waals surface area contributed by atoms with E-state index in [4.69, 9.17) is 39.9 Å². The van der Waals surface area contributed by atoms with E-state index >= 15 is 9.59 Å². The fourth-order valence-corrected chi connectivity index (χ4v) is 11.8. The van der Waals surface area contributed by atoms with Gasteiger partial charge in [-0.25, -0.2) is 4.90 Å². The highest BCUT2D eigenvalue weighted by Crippen LogP contribution is 2.33. The number of rotatable bonds is 19. The van der Waals surface area contributed by atoms with Crippen LogP contribution in [0.3, 0.4) is 0 Å². The van der Waals surface area contributed by atoms with Crippen LogP contribution < -0.4 is 58.7 Å². The van der Waals surface area contributed by atoms with E-state index < -0.39 is 240 Å². The third kappa shape index (κ3) is 17.5. The Morgan fingerprint density at radius 2 is 1.27 bits per heavy atom. The van der Waals surface area contributed by atoms with Crippen LogP contribution in [0.1, 0.15) is 44.2 Å². The molecule has 0 radical (unpaired) electrons. The van der Waals surface area contributed by atoms with Crippen molar-refractivity contribution in [3.05, 3.63) is 65.7 Å². The summed E-state index contributed by atoms with van der Waals surface area (Å²) < 4.78 is 33.8. The number of esters is 1. The van der Waals surface area contributed by atoms with Gasteiger partial charge in [0.05, 0.1) is 45.0 Å². The second kappa shape index (κ2) is 33.0. The molecule has 0 bridgehead atoms. The smallest absolute Gasteiger partial charge is 0.306 e. The second-order valence-corrected chi connectivity index (χ2v) is 24.5. The van der Waals surface area contributed by atoms with Gasteiger partial charge >= 0.3 is 5.97 Å². The summed E-state index contributed by atoms with van der Waals surface area (Å²) in [7, 11) is 0. The van der Waals surface area contributed by atoms with Crippen molar-refractivity contribution in [3.63, 3.8) is 0 Å². The molecule has 25 N–H and O–H groups in total. The van der Waals surface area contributed by atoms with Gasteiger partial charge in [0.1, 0.15) is 122 Å². The first-order chi connectivity index (χ1) is 45.5. The fourth-order valence-electron chi connectivity index (χ4n) is 11.8. The number of nitrogens with two attached hydrogens (primary N) is 2. The number of carbonyl (C=O) groups is 7. The number of aliphatic hydroxyl groups is 13.